The quantitative estimate of drug-likeness (QED) is 0.670. The fraction of sp³-hybridized carbons (Fsp3) is 0.444. The fourth-order valence-corrected chi connectivity index (χ4v) is 1.13. The van der Waals surface area contributed by atoms with Crippen LogP contribution in [-0.4, -0.2) is 22.6 Å². The maximum atomic E-state index is 11.3. The Kier molecular flexibility index (Phi) is 3.43. The van der Waals surface area contributed by atoms with Gasteiger partial charge in [0.1, 0.15) is 6.54 Å². The van der Waals surface area contributed by atoms with Crippen molar-refractivity contribution in [2.24, 2.45) is 0 Å². The first-order chi connectivity index (χ1) is 7.08. The second-order valence-electron chi connectivity index (χ2n) is 2.97. The molecule has 0 unspecified atom stereocenters. The molecule has 0 spiro atoms. The third-order valence-electron chi connectivity index (χ3n) is 1.99. The molecule has 1 aromatic rings. The molecule has 0 fully saturated rings. The van der Waals surface area contributed by atoms with E-state index in [-0.39, 0.29) is 6.54 Å². The van der Waals surface area contributed by atoms with Gasteiger partial charge in [-0.05, 0) is 6.42 Å². The number of aromatic amines is 1. The number of carbonyl (C=O) groups excluding carboxylic acids is 1. The van der Waals surface area contributed by atoms with Gasteiger partial charge in [0.05, 0.1) is 7.11 Å². The van der Waals surface area contributed by atoms with Crippen molar-refractivity contribution in [3.63, 3.8) is 0 Å². The molecule has 6 heteroatoms. The van der Waals surface area contributed by atoms with Crippen molar-refractivity contribution in [1.29, 1.82) is 0 Å². The number of aromatic nitrogens is 2. The molecule has 1 aromatic heterocycles. The van der Waals surface area contributed by atoms with E-state index < -0.39 is 17.2 Å². The van der Waals surface area contributed by atoms with Gasteiger partial charge in [-0.2, -0.15) is 0 Å². The topological polar surface area (TPSA) is 81.2 Å². The molecule has 15 heavy (non-hydrogen) atoms. The molecule has 0 atom stereocenters. The van der Waals surface area contributed by atoms with Gasteiger partial charge in [0.25, 0.3) is 5.56 Å². The first-order valence-corrected chi connectivity index (χ1v) is 4.48. The van der Waals surface area contributed by atoms with E-state index in [2.05, 4.69) is 9.72 Å². The van der Waals surface area contributed by atoms with Crippen LogP contribution in [0.4, 0.5) is 0 Å². The summed E-state index contributed by atoms with van der Waals surface area (Å²) < 4.78 is 5.54. The van der Waals surface area contributed by atoms with Crippen LogP contribution in [0.2, 0.25) is 0 Å². The Morgan fingerprint density at radius 2 is 2.20 bits per heavy atom. The average Bonchev–Trinajstić information content (AvgIpc) is 2.21. The van der Waals surface area contributed by atoms with Crippen molar-refractivity contribution in [3.8, 4) is 0 Å². The predicted octanol–water partition coefficient (Wildman–Crippen LogP) is -0.728. The second-order valence-corrected chi connectivity index (χ2v) is 2.97. The van der Waals surface area contributed by atoms with Crippen LogP contribution in [-0.2, 0) is 22.5 Å². The molecule has 0 radical (unpaired) electrons. The van der Waals surface area contributed by atoms with E-state index in [0.717, 1.165) is 4.57 Å². The smallest absolute Gasteiger partial charge is 0.328 e. The summed E-state index contributed by atoms with van der Waals surface area (Å²) in [6, 6.07) is 0. The Morgan fingerprint density at radius 1 is 1.53 bits per heavy atom. The molecule has 0 aromatic carbocycles. The van der Waals surface area contributed by atoms with Gasteiger partial charge in [-0.3, -0.25) is 19.1 Å². The number of nitrogens with one attached hydrogen (secondary N) is 1. The summed E-state index contributed by atoms with van der Waals surface area (Å²) >= 11 is 0. The number of H-pyrrole nitrogens is 1. The van der Waals surface area contributed by atoms with Crippen molar-refractivity contribution < 1.29 is 9.53 Å². The number of carbonyl (C=O) groups is 1. The molecule has 0 aliphatic carbocycles. The predicted molar refractivity (Wildman–Crippen MR) is 52.7 cm³/mol. The molecule has 0 saturated carbocycles. The van der Waals surface area contributed by atoms with E-state index in [1.54, 1.807) is 6.92 Å². The Hall–Kier alpha value is -1.85. The average molecular weight is 212 g/mol. The number of esters is 1. The highest BCUT2D eigenvalue weighted by Gasteiger charge is 2.06. The van der Waals surface area contributed by atoms with Gasteiger partial charge in [0.15, 0.2) is 0 Å². The van der Waals surface area contributed by atoms with Crippen molar-refractivity contribution in [3.05, 3.63) is 32.6 Å². The first-order valence-electron chi connectivity index (χ1n) is 4.48. The Balaban J connectivity index is 3.14. The molecular weight excluding hydrogens is 200 g/mol. The van der Waals surface area contributed by atoms with E-state index >= 15 is 0 Å². The summed E-state index contributed by atoms with van der Waals surface area (Å²) in [6.07, 6.45) is 1.87. The van der Waals surface area contributed by atoms with Crippen molar-refractivity contribution in [1.82, 2.24) is 9.55 Å². The lowest BCUT2D eigenvalue weighted by atomic mass is 10.3. The van der Waals surface area contributed by atoms with E-state index in [4.69, 9.17) is 0 Å². The van der Waals surface area contributed by atoms with E-state index in [1.807, 2.05) is 0 Å². The van der Waals surface area contributed by atoms with E-state index in [1.165, 1.54) is 13.3 Å². The largest absolute Gasteiger partial charge is 0.468 e. The van der Waals surface area contributed by atoms with Crippen molar-refractivity contribution in [2.75, 3.05) is 7.11 Å². The van der Waals surface area contributed by atoms with Crippen LogP contribution >= 0.6 is 0 Å². The zero-order valence-electron chi connectivity index (χ0n) is 8.57. The lowest BCUT2D eigenvalue weighted by molar-refractivity contribution is -0.141. The van der Waals surface area contributed by atoms with Gasteiger partial charge in [0, 0.05) is 11.8 Å². The number of hydrogen-bond donors (Lipinski definition) is 1. The zero-order valence-corrected chi connectivity index (χ0v) is 8.57. The standard InChI is InChI=1S/C9H12N2O4/c1-3-6-4-11(5-7(12)15-2)9(14)10-8(6)13/h4H,3,5H2,1-2H3,(H,10,13,14). The lowest BCUT2D eigenvalue weighted by Crippen LogP contribution is -2.33. The summed E-state index contributed by atoms with van der Waals surface area (Å²) in [6.45, 7) is 1.59. The van der Waals surface area contributed by atoms with Crippen LogP contribution in [0.3, 0.4) is 0 Å². The highest BCUT2D eigenvalue weighted by atomic mass is 16.5. The second kappa shape index (κ2) is 4.59. The van der Waals surface area contributed by atoms with Gasteiger partial charge in [-0.25, -0.2) is 4.79 Å². The summed E-state index contributed by atoms with van der Waals surface area (Å²) in [5, 5.41) is 0. The van der Waals surface area contributed by atoms with Crippen LogP contribution in [0, 0.1) is 0 Å². The van der Waals surface area contributed by atoms with Gasteiger partial charge < -0.3 is 4.74 Å². The van der Waals surface area contributed by atoms with Crippen LogP contribution in [0.1, 0.15) is 12.5 Å². The molecule has 1 rings (SSSR count). The van der Waals surface area contributed by atoms with Gasteiger partial charge in [0.2, 0.25) is 0 Å². The molecule has 1 heterocycles. The first kappa shape index (κ1) is 11.2. The number of rotatable bonds is 3. The highest BCUT2D eigenvalue weighted by molar-refractivity contribution is 5.68. The Morgan fingerprint density at radius 3 is 2.73 bits per heavy atom. The zero-order chi connectivity index (χ0) is 11.4. The molecule has 82 valence electrons. The molecule has 0 amide bonds. The van der Waals surface area contributed by atoms with E-state index in [0.29, 0.717) is 12.0 Å². The summed E-state index contributed by atoms with van der Waals surface area (Å²) in [7, 11) is 1.24. The molecule has 6 nitrogen and oxygen atoms in total. The maximum Gasteiger partial charge on any atom is 0.328 e. The van der Waals surface area contributed by atoms with Crippen LogP contribution in [0.5, 0.6) is 0 Å². The molecule has 0 saturated heterocycles. The fourth-order valence-electron chi connectivity index (χ4n) is 1.13. The third kappa shape index (κ3) is 2.55. The van der Waals surface area contributed by atoms with Gasteiger partial charge in [-0.1, -0.05) is 6.92 Å². The SMILES string of the molecule is CCc1cn(CC(=O)OC)c(=O)[nH]c1=O. The minimum absolute atomic E-state index is 0.195. The summed E-state index contributed by atoms with van der Waals surface area (Å²) in [5.41, 5.74) is -0.565. The minimum atomic E-state index is -0.609. The molecule has 0 aliphatic heterocycles. The molecular formula is C9H12N2O4. The van der Waals surface area contributed by atoms with Gasteiger partial charge >= 0.3 is 11.7 Å². The molecule has 0 bridgehead atoms. The Labute approximate surface area is 85.5 Å². The number of hydrogen-bond acceptors (Lipinski definition) is 4. The van der Waals surface area contributed by atoms with E-state index in [9.17, 15) is 14.4 Å². The monoisotopic (exact) mass is 212 g/mol. The van der Waals surface area contributed by atoms with Crippen molar-refractivity contribution in [2.45, 2.75) is 19.9 Å². The summed E-state index contributed by atoms with van der Waals surface area (Å²) in [4.78, 5) is 35.5. The van der Waals surface area contributed by atoms with Crippen LogP contribution < -0.4 is 11.2 Å². The third-order valence-corrected chi connectivity index (χ3v) is 1.99. The Bertz CT molecular complexity index is 472. The molecule has 1 N–H and O–H groups in total. The van der Waals surface area contributed by atoms with Crippen molar-refractivity contribution >= 4 is 5.97 Å². The van der Waals surface area contributed by atoms with Gasteiger partial charge in [-0.15, -0.1) is 0 Å². The highest BCUT2D eigenvalue weighted by Crippen LogP contribution is 1.89. The summed E-state index contributed by atoms with van der Waals surface area (Å²) in [5.74, 6) is -0.536. The number of ether oxygens (including phenoxy) is 1. The maximum absolute atomic E-state index is 11.3. The number of nitrogens with zero attached hydrogens (tertiary/aromatic N) is 1. The number of aryl methyl sites for hydroxylation is 1. The lowest BCUT2D eigenvalue weighted by Gasteiger charge is -2.04. The minimum Gasteiger partial charge on any atom is -0.468 e. The number of methoxy groups -OCH3 is 1. The normalized spacial score (nSPS) is 10.0. The van der Waals surface area contributed by atoms with Crippen LogP contribution in [0.15, 0.2) is 15.8 Å². The molecule has 0 aliphatic rings. The van der Waals surface area contributed by atoms with Crippen LogP contribution in [0.25, 0.3) is 0 Å².